The average molecular weight is 258 g/mol. The van der Waals surface area contributed by atoms with Crippen molar-refractivity contribution in [1.29, 1.82) is 0 Å². The van der Waals surface area contributed by atoms with Gasteiger partial charge in [-0.25, -0.2) is 4.39 Å². The summed E-state index contributed by atoms with van der Waals surface area (Å²) >= 11 is 0. The Kier molecular flexibility index (Phi) is 4.62. The third-order valence-corrected chi connectivity index (χ3v) is 3.67. The van der Waals surface area contributed by atoms with Crippen LogP contribution in [0.25, 0.3) is 0 Å². The Hall–Kier alpha value is -1.43. The van der Waals surface area contributed by atoms with Gasteiger partial charge < -0.3 is 11.1 Å². The standard InChI is InChI=1S/C11H15FN2O2S/c1-7(17(2)16)6-14-11(15)8-3-4-9(12)10(13)5-8/h3-5,7H,6,13H2,1-2H3,(H,14,15). The lowest BCUT2D eigenvalue weighted by atomic mass is 10.2. The molecule has 0 heterocycles. The second-order valence-corrected chi connectivity index (χ2v) is 5.56. The summed E-state index contributed by atoms with van der Waals surface area (Å²) in [6.07, 6.45) is 1.58. The highest BCUT2D eigenvalue weighted by Gasteiger charge is 2.11. The van der Waals surface area contributed by atoms with Crippen molar-refractivity contribution in [3.63, 3.8) is 0 Å². The van der Waals surface area contributed by atoms with E-state index < -0.39 is 16.6 Å². The normalized spacial score (nSPS) is 14.1. The fraction of sp³-hybridized carbons (Fsp3) is 0.364. The number of nitrogens with two attached hydrogens (primary N) is 1. The van der Waals surface area contributed by atoms with E-state index in [1.165, 1.54) is 12.1 Å². The summed E-state index contributed by atoms with van der Waals surface area (Å²) in [5.41, 5.74) is 5.58. The number of hydrogen-bond donors (Lipinski definition) is 2. The van der Waals surface area contributed by atoms with Crippen molar-refractivity contribution in [2.24, 2.45) is 0 Å². The van der Waals surface area contributed by atoms with Crippen LogP contribution in [0.15, 0.2) is 18.2 Å². The molecule has 1 aromatic carbocycles. The van der Waals surface area contributed by atoms with Gasteiger partial charge in [0.25, 0.3) is 5.91 Å². The van der Waals surface area contributed by atoms with Gasteiger partial charge in [-0.3, -0.25) is 9.00 Å². The Bertz CT molecular complexity index is 451. The molecule has 0 spiro atoms. The molecule has 2 unspecified atom stereocenters. The van der Waals surface area contributed by atoms with Crippen LogP contribution < -0.4 is 11.1 Å². The molecule has 1 rings (SSSR count). The summed E-state index contributed by atoms with van der Waals surface area (Å²) in [5.74, 6) is -0.904. The van der Waals surface area contributed by atoms with Gasteiger partial charge in [-0.2, -0.15) is 0 Å². The molecule has 0 fully saturated rings. The van der Waals surface area contributed by atoms with E-state index in [0.29, 0.717) is 6.54 Å². The van der Waals surface area contributed by atoms with E-state index in [1.807, 2.05) is 0 Å². The molecule has 0 aliphatic rings. The van der Waals surface area contributed by atoms with Crippen LogP contribution in [0.3, 0.4) is 0 Å². The SMILES string of the molecule is CC(CNC(=O)c1ccc(F)c(N)c1)S(C)=O. The highest BCUT2D eigenvalue weighted by Crippen LogP contribution is 2.12. The minimum Gasteiger partial charge on any atom is -0.396 e. The number of benzene rings is 1. The van der Waals surface area contributed by atoms with Crippen LogP contribution in [-0.2, 0) is 10.8 Å². The van der Waals surface area contributed by atoms with Crippen LogP contribution >= 0.6 is 0 Å². The van der Waals surface area contributed by atoms with Crippen molar-refractivity contribution >= 4 is 22.4 Å². The van der Waals surface area contributed by atoms with E-state index in [-0.39, 0.29) is 22.4 Å². The van der Waals surface area contributed by atoms with Crippen LogP contribution in [0.2, 0.25) is 0 Å². The minimum absolute atomic E-state index is 0.0650. The van der Waals surface area contributed by atoms with Gasteiger partial charge in [-0.15, -0.1) is 0 Å². The van der Waals surface area contributed by atoms with Crippen molar-refractivity contribution in [2.75, 3.05) is 18.5 Å². The van der Waals surface area contributed by atoms with Crippen molar-refractivity contribution < 1.29 is 13.4 Å². The Morgan fingerprint density at radius 3 is 2.76 bits per heavy atom. The van der Waals surface area contributed by atoms with Gasteiger partial charge in [0, 0.05) is 34.4 Å². The predicted octanol–water partition coefficient (Wildman–Crippen LogP) is 0.905. The third kappa shape index (κ3) is 3.81. The van der Waals surface area contributed by atoms with Crippen molar-refractivity contribution in [3.8, 4) is 0 Å². The molecule has 1 aromatic rings. The van der Waals surface area contributed by atoms with E-state index in [4.69, 9.17) is 5.73 Å². The van der Waals surface area contributed by atoms with Crippen LogP contribution in [-0.4, -0.2) is 28.2 Å². The average Bonchev–Trinajstić information content (AvgIpc) is 2.28. The zero-order valence-electron chi connectivity index (χ0n) is 9.70. The molecule has 2 atom stereocenters. The summed E-state index contributed by atoms with van der Waals surface area (Å²) in [5, 5.41) is 2.49. The molecule has 4 nitrogen and oxygen atoms in total. The fourth-order valence-corrected chi connectivity index (χ4v) is 1.46. The van der Waals surface area contributed by atoms with Crippen molar-refractivity contribution in [1.82, 2.24) is 5.32 Å². The smallest absolute Gasteiger partial charge is 0.251 e. The first kappa shape index (κ1) is 13.6. The van der Waals surface area contributed by atoms with E-state index in [9.17, 15) is 13.4 Å². The van der Waals surface area contributed by atoms with Crippen LogP contribution in [0.1, 0.15) is 17.3 Å². The molecule has 0 aromatic heterocycles. The lowest BCUT2D eigenvalue weighted by molar-refractivity contribution is 0.0954. The molecule has 0 aliphatic heterocycles. The van der Waals surface area contributed by atoms with Crippen LogP contribution in [0.5, 0.6) is 0 Å². The molecule has 0 bridgehead atoms. The topological polar surface area (TPSA) is 72.2 Å². The third-order valence-electron chi connectivity index (χ3n) is 2.37. The zero-order valence-corrected chi connectivity index (χ0v) is 10.5. The maximum absolute atomic E-state index is 12.9. The summed E-state index contributed by atoms with van der Waals surface area (Å²) < 4.78 is 24.0. The highest BCUT2D eigenvalue weighted by atomic mass is 32.2. The molecule has 6 heteroatoms. The van der Waals surface area contributed by atoms with Crippen molar-refractivity contribution in [2.45, 2.75) is 12.2 Å². The summed E-state index contributed by atoms with van der Waals surface area (Å²) in [6, 6.07) is 3.78. The number of halogens is 1. The Morgan fingerprint density at radius 1 is 1.59 bits per heavy atom. The number of nitrogen functional groups attached to an aromatic ring is 1. The van der Waals surface area contributed by atoms with Crippen molar-refractivity contribution in [3.05, 3.63) is 29.6 Å². The Morgan fingerprint density at radius 2 is 2.24 bits per heavy atom. The molecular weight excluding hydrogens is 243 g/mol. The second kappa shape index (κ2) is 5.77. The lowest BCUT2D eigenvalue weighted by Gasteiger charge is -2.10. The van der Waals surface area contributed by atoms with Gasteiger partial charge in [0.15, 0.2) is 0 Å². The molecular formula is C11H15FN2O2S. The maximum Gasteiger partial charge on any atom is 0.251 e. The first-order valence-electron chi connectivity index (χ1n) is 5.07. The monoisotopic (exact) mass is 258 g/mol. The van der Waals surface area contributed by atoms with E-state index >= 15 is 0 Å². The first-order valence-corrected chi connectivity index (χ1v) is 6.69. The predicted molar refractivity (Wildman–Crippen MR) is 66.7 cm³/mol. The van der Waals surface area contributed by atoms with Gasteiger partial charge in [0.2, 0.25) is 0 Å². The summed E-state index contributed by atoms with van der Waals surface area (Å²) in [7, 11) is -0.991. The number of amides is 1. The second-order valence-electron chi connectivity index (χ2n) is 3.76. The molecule has 0 saturated carbocycles. The molecule has 1 amide bonds. The first-order chi connectivity index (χ1) is 7.91. The molecule has 0 aliphatic carbocycles. The highest BCUT2D eigenvalue weighted by molar-refractivity contribution is 7.84. The number of carbonyl (C=O) groups is 1. The summed E-state index contributed by atoms with van der Waals surface area (Å²) in [4.78, 5) is 11.6. The number of anilines is 1. The quantitative estimate of drug-likeness (QED) is 0.788. The van der Waals surface area contributed by atoms with E-state index in [0.717, 1.165) is 6.07 Å². The lowest BCUT2D eigenvalue weighted by Crippen LogP contribution is -2.32. The number of rotatable bonds is 4. The Labute approximate surface area is 102 Å². The van der Waals surface area contributed by atoms with Gasteiger partial charge in [-0.1, -0.05) is 0 Å². The van der Waals surface area contributed by atoms with Crippen LogP contribution in [0, 0.1) is 5.82 Å². The molecule has 94 valence electrons. The maximum atomic E-state index is 12.9. The minimum atomic E-state index is -0.991. The largest absolute Gasteiger partial charge is 0.396 e. The molecule has 17 heavy (non-hydrogen) atoms. The van der Waals surface area contributed by atoms with Gasteiger partial charge >= 0.3 is 0 Å². The molecule has 0 saturated heterocycles. The number of nitrogens with one attached hydrogen (secondary N) is 1. The van der Waals surface area contributed by atoms with E-state index in [1.54, 1.807) is 13.2 Å². The fourth-order valence-electron chi connectivity index (χ4n) is 1.14. The summed E-state index contributed by atoms with van der Waals surface area (Å²) in [6.45, 7) is 2.08. The van der Waals surface area contributed by atoms with Gasteiger partial charge in [0.1, 0.15) is 5.82 Å². The number of hydrogen-bond acceptors (Lipinski definition) is 3. The zero-order chi connectivity index (χ0) is 13.0. The molecule has 3 N–H and O–H groups in total. The van der Waals surface area contributed by atoms with E-state index in [2.05, 4.69) is 5.32 Å². The number of carbonyl (C=O) groups excluding carboxylic acids is 1. The van der Waals surface area contributed by atoms with Crippen LogP contribution in [0.4, 0.5) is 10.1 Å². The van der Waals surface area contributed by atoms with Gasteiger partial charge in [0.05, 0.1) is 5.69 Å². The Balaban J connectivity index is 2.64. The molecule has 0 radical (unpaired) electrons. The van der Waals surface area contributed by atoms with Gasteiger partial charge in [-0.05, 0) is 25.1 Å².